The van der Waals surface area contributed by atoms with Crippen LogP contribution in [0.15, 0.2) is 24.5 Å². The monoisotopic (exact) mass is 328 g/mol. The number of esters is 1. The average molecular weight is 328 g/mol. The summed E-state index contributed by atoms with van der Waals surface area (Å²) in [6.45, 7) is 6.08. The van der Waals surface area contributed by atoms with Crippen LogP contribution in [-0.4, -0.2) is 43.7 Å². The van der Waals surface area contributed by atoms with Gasteiger partial charge < -0.3 is 9.84 Å². The normalized spacial score (nSPS) is 12.5. The highest BCUT2D eigenvalue weighted by Crippen LogP contribution is 2.29. The number of methoxy groups -OCH3 is 1. The van der Waals surface area contributed by atoms with E-state index in [1.807, 2.05) is 32.2 Å². The van der Waals surface area contributed by atoms with E-state index in [2.05, 4.69) is 10.2 Å². The fourth-order valence-corrected chi connectivity index (χ4v) is 2.95. The number of carbonyl (C=O) groups is 1. The van der Waals surface area contributed by atoms with Gasteiger partial charge in [0.1, 0.15) is 5.56 Å². The lowest BCUT2D eigenvalue weighted by atomic mass is 10.0. The highest BCUT2D eigenvalue weighted by atomic mass is 16.5. The van der Waals surface area contributed by atoms with Crippen LogP contribution in [0.5, 0.6) is 0 Å². The Morgan fingerprint density at radius 2 is 2.17 bits per heavy atom. The average Bonchev–Trinajstić information content (AvgIpc) is 3.07. The lowest BCUT2D eigenvalue weighted by Crippen LogP contribution is -2.14. The van der Waals surface area contributed by atoms with Crippen LogP contribution in [-0.2, 0) is 11.3 Å². The van der Waals surface area contributed by atoms with Crippen molar-refractivity contribution in [3.8, 4) is 11.1 Å². The third-order valence-corrected chi connectivity index (χ3v) is 4.03. The van der Waals surface area contributed by atoms with Crippen LogP contribution >= 0.6 is 0 Å². The second-order valence-electron chi connectivity index (χ2n) is 5.87. The van der Waals surface area contributed by atoms with Gasteiger partial charge in [-0.05, 0) is 38.5 Å². The number of rotatable bonds is 4. The first kappa shape index (κ1) is 16.2. The number of fused-ring (bicyclic) bond motifs is 1. The highest BCUT2D eigenvalue weighted by Gasteiger charge is 2.18. The fraction of sp³-hybridized carbons (Fsp3) is 0.353. The molecule has 0 saturated carbocycles. The Morgan fingerprint density at radius 3 is 2.83 bits per heavy atom. The standard InChI is InChI=1S/C17H20N4O3/c1-10(22)9-21-12(3)16(11(2)19-21)13-5-6-20-15(7-13)14(8-18-20)17(23)24-4/h5-8,10,22H,9H2,1-4H3/t10-/m0/s1. The van der Waals surface area contributed by atoms with Crippen molar-refractivity contribution in [1.29, 1.82) is 0 Å². The van der Waals surface area contributed by atoms with Crippen molar-refractivity contribution >= 4 is 11.5 Å². The van der Waals surface area contributed by atoms with Crippen molar-refractivity contribution in [3.63, 3.8) is 0 Å². The van der Waals surface area contributed by atoms with Gasteiger partial charge in [0.25, 0.3) is 0 Å². The Kier molecular flexibility index (Phi) is 4.11. The molecule has 0 spiro atoms. The zero-order chi connectivity index (χ0) is 17.4. The van der Waals surface area contributed by atoms with Crippen LogP contribution in [0.3, 0.4) is 0 Å². The van der Waals surface area contributed by atoms with Crippen LogP contribution in [0.4, 0.5) is 0 Å². The molecule has 1 atom stereocenters. The lowest BCUT2D eigenvalue weighted by Gasteiger charge is -2.08. The lowest BCUT2D eigenvalue weighted by molar-refractivity contribution is 0.0603. The first-order valence-corrected chi connectivity index (χ1v) is 7.70. The van der Waals surface area contributed by atoms with E-state index in [4.69, 9.17) is 4.74 Å². The molecule has 0 unspecified atom stereocenters. The summed E-state index contributed by atoms with van der Waals surface area (Å²) in [6, 6.07) is 3.84. The summed E-state index contributed by atoms with van der Waals surface area (Å²) in [5.41, 5.74) is 4.89. The van der Waals surface area contributed by atoms with Gasteiger partial charge in [-0.3, -0.25) is 4.68 Å². The van der Waals surface area contributed by atoms with Crippen molar-refractivity contribution in [2.24, 2.45) is 0 Å². The summed E-state index contributed by atoms with van der Waals surface area (Å²) in [6.07, 6.45) is 2.84. The van der Waals surface area contributed by atoms with Gasteiger partial charge in [0, 0.05) is 17.5 Å². The fourth-order valence-electron chi connectivity index (χ4n) is 2.95. The number of ether oxygens (including phenoxy) is 1. The van der Waals surface area contributed by atoms with Crippen LogP contribution in [0.25, 0.3) is 16.6 Å². The summed E-state index contributed by atoms with van der Waals surface area (Å²) in [7, 11) is 1.35. The van der Waals surface area contributed by atoms with E-state index in [1.54, 1.807) is 16.1 Å². The molecule has 0 bridgehead atoms. The van der Waals surface area contributed by atoms with E-state index in [0.717, 1.165) is 22.5 Å². The van der Waals surface area contributed by atoms with E-state index in [1.165, 1.54) is 13.3 Å². The molecule has 0 saturated heterocycles. The number of aliphatic hydroxyl groups excluding tert-OH is 1. The van der Waals surface area contributed by atoms with E-state index in [-0.39, 0.29) is 0 Å². The summed E-state index contributed by atoms with van der Waals surface area (Å²) in [4.78, 5) is 11.9. The Balaban J connectivity index is 2.13. The molecule has 0 aliphatic rings. The summed E-state index contributed by atoms with van der Waals surface area (Å²) in [5, 5.41) is 18.3. The number of nitrogens with zero attached hydrogens (tertiary/aromatic N) is 4. The third kappa shape index (κ3) is 2.67. The van der Waals surface area contributed by atoms with Crippen molar-refractivity contribution in [1.82, 2.24) is 19.4 Å². The second kappa shape index (κ2) is 6.09. The van der Waals surface area contributed by atoms with Crippen molar-refractivity contribution in [3.05, 3.63) is 41.5 Å². The number of aryl methyl sites for hydroxylation is 1. The van der Waals surface area contributed by atoms with Crippen LogP contribution in [0.2, 0.25) is 0 Å². The maximum atomic E-state index is 11.9. The number of hydrogen-bond donors (Lipinski definition) is 1. The van der Waals surface area contributed by atoms with Crippen molar-refractivity contribution in [2.45, 2.75) is 33.4 Å². The van der Waals surface area contributed by atoms with Gasteiger partial charge in [0.15, 0.2) is 0 Å². The van der Waals surface area contributed by atoms with Crippen LogP contribution < -0.4 is 0 Å². The zero-order valence-corrected chi connectivity index (χ0v) is 14.1. The van der Waals surface area contributed by atoms with Gasteiger partial charge in [0.05, 0.1) is 37.2 Å². The molecule has 126 valence electrons. The Bertz CT molecular complexity index is 908. The van der Waals surface area contributed by atoms with E-state index >= 15 is 0 Å². The third-order valence-electron chi connectivity index (χ3n) is 4.03. The van der Waals surface area contributed by atoms with Gasteiger partial charge in [0.2, 0.25) is 0 Å². The molecule has 0 aromatic carbocycles. The maximum Gasteiger partial charge on any atom is 0.341 e. The Labute approximate surface area is 139 Å². The molecule has 7 nitrogen and oxygen atoms in total. The number of hydrogen-bond acceptors (Lipinski definition) is 5. The van der Waals surface area contributed by atoms with Crippen LogP contribution in [0.1, 0.15) is 28.7 Å². The van der Waals surface area contributed by atoms with Gasteiger partial charge in [-0.1, -0.05) is 0 Å². The number of carbonyl (C=O) groups excluding carboxylic acids is 1. The zero-order valence-electron chi connectivity index (χ0n) is 14.1. The molecule has 24 heavy (non-hydrogen) atoms. The van der Waals surface area contributed by atoms with E-state index < -0.39 is 12.1 Å². The predicted octanol–water partition coefficient (Wildman–Crippen LogP) is 1.98. The molecule has 3 aromatic rings. The largest absolute Gasteiger partial charge is 0.465 e. The number of aliphatic hydroxyl groups is 1. The SMILES string of the molecule is COC(=O)c1cnn2ccc(-c3c(C)nn(C[C@H](C)O)c3C)cc12. The highest BCUT2D eigenvalue weighted by molar-refractivity contribution is 5.97. The Morgan fingerprint density at radius 1 is 1.42 bits per heavy atom. The molecule has 0 amide bonds. The molecule has 3 aromatic heterocycles. The molecule has 1 N–H and O–H groups in total. The van der Waals surface area contributed by atoms with Gasteiger partial charge in [-0.2, -0.15) is 10.2 Å². The first-order chi connectivity index (χ1) is 11.4. The Hall–Kier alpha value is -2.67. The molecule has 3 rings (SSSR count). The molecule has 0 radical (unpaired) electrons. The minimum absolute atomic E-state index is 0.416. The van der Waals surface area contributed by atoms with Crippen LogP contribution in [0, 0.1) is 13.8 Å². The number of pyridine rings is 1. The smallest absolute Gasteiger partial charge is 0.341 e. The topological polar surface area (TPSA) is 81.6 Å². The van der Waals surface area contributed by atoms with E-state index in [9.17, 15) is 9.90 Å². The summed E-state index contributed by atoms with van der Waals surface area (Å²) >= 11 is 0. The summed E-state index contributed by atoms with van der Waals surface area (Å²) in [5.74, 6) is -0.416. The van der Waals surface area contributed by atoms with Crippen molar-refractivity contribution in [2.75, 3.05) is 7.11 Å². The molecule has 3 heterocycles. The van der Waals surface area contributed by atoms with Gasteiger partial charge in [-0.15, -0.1) is 0 Å². The number of aromatic nitrogens is 4. The molecular formula is C17H20N4O3. The first-order valence-electron chi connectivity index (χ1n) is 7.70. The van der Waals surface area contributed by atoms with Gasteiger partial charge in [-0.25, -0.2) is 9.31 Å². The predicted molar refractivity (Wildman–Crippen MR) is 88.9 cm³/mol. The van der Waals surface area contributed by atoms with E-state index in [0.29, 0.717) is 17.6 Å². The second-order valence-corrected chi connectivity index (χ2v) is 5.87. The van der Waals surface area contributed by atoms with Crippen molar-refractivity contribution < 1.29 is 14.6 Å². The van der Waals surface area contributed by atoms with Gasteiger partial charge >= 0.3 is 5.97 Å². The minimum atomic E-state index is -0.473. The quantitative estimate of drug-likeness (QED) is 0.741. The molecular weight excluding hydrogens is 308 g/mol. The molecule has 0 aliphatic carbocycles. The molecule has 0 fully saturated rings. The molecule has 0 aliphatic heterocycles. The summed E-state index contributed by atoms with van der Waals surface area (Å²) < 4.78 is 8.25. The maximum absolute atomic E-state index is 11.9. The minimum Gasteiger partial charge on any atom is -0.465 e. The molecule has 7 heteroatoms.